The van der Waals surface area contributed by atoms with Crippen LogP contribution in [0.1, 0.15) is 138 Å². The first-order chi connectivity index (χ1) is 37.3. The number of phenolic OH excluding ortho intramolecular Hbond substituents is 4. The number of halogens is 10. The van der Waals surface area contributed by atoms with Crippen molar-refractivity contribution in [2.24, 2.45) is 0 Å². The summed E-state index contributed by atoms with van der Waals surface area (Å²) in [4.78, 5) is 2.18. The fraction of sp³-hybridized carbons (Fsp3) is 0.586. The number of hydrogen-bond donors (Lipinski definition) is 4. The van der Waals surface area contributed by atoms with Gasteiger partial charge < -0.3 is 29.9 Å². The lowest BCUT2D eigenvalue weighted by molar-refractivity contribution is -0.284. The molecule has 1 unspecified atom stereocenters. The zero-order valence-electron chi connectivity index (χ0n) is 44.6. The summed E-state index contributed by atoms with van der Waals surface area (Å²) in [6.45, 7) is 6.85. The Labute approximate surface area is 473 Å². The van der Waals surface area contributed by atoms with Gasteiger partial charge in [-0.3, -0.25) is 4.21 Å². The van der Waals surface area contributed by atoms with Gasteiger partial charge in [0.2, 0.25) is 0 Å². The van der Waals surface area contributed by atoms with Crippen LogP contribution in [-0.4, -0.2) is 110 Å². The quantitative estimate of drug-likeness (QED) is 0.0297. The molecule has 5 atom stereocenters. The summed E-state index contributed by atoms with van der Waals surface area (Å²) in [5.41, 5.74) is 4.43. The largest absolute Gasteiger partial charge is 0.508 e. The summed E-state index contributed by atoms with van der Waals surface area (Å²) in [5.74, 6) is -5.07. The van der Waals surface area contributed by atoms with Crippen LogP contribution >= 0.6 is 35.3 Å². The molecule has 0 amide bonds. The van der Waals surface area contributed by atoms with Crippen LogP contribution in [0.25, 0.3) is 0 Å². The van der Waals surface area contributed by atoms with Crippen LogP contribution in [0.2, 0.25) is 0 Å². The van der Waals surface area contributed by atoms with E-state index >= 15 is 0 Å². The van der Waals surface area contributed by atoms with Crippen molar-refractivity contribution in [3.05, 3.63) is 107 Å². The van der Waals surface area contributed by atoms with Gasteiger partial charge in [0.05, 0.1) is 0 Å². The molecule has 21 heteroatoms. The van der Waals surface area contributed by atoms with E-state index in [1.165, 1.54) is 28.5 Å². The van der Waals surface area contributed by atoms with Crippen LogP contribution in [0.4, 0.5) is 43.9 Å². The highest BCUT2D eigenvalue weighted by Gasteiger charge is 2.57. The average Bonchev–Trinajstić information content (AvgIpc) is 3.39. The van der Waals surface area contributed by atoms with Crippen LogP contribution in [0.5, 0.6) is 23.0 Å². The predicted octanol–water partition coefficient (Wildman–Crippen LogP) is 16.9. The Morgan fingerprint density at radius 2 is 0.886 bits per heavy atom. The Morgan fingerprint density at radius 3 is 1.33 bits per heavy atom. The number of phenols is 4. The van der Waals surface area contributed by atoms with Crippen molar-refractivity contribution < 1.29 is 78.0 Å². The van der Waals surface area contributed by atoms with Crippen LogP contribution in [-0.2, 0) is 31.1 Å². The maximum Gasteiger partial charge on any atom is 0.453 e. The van der Waals surface area contributed by atoms with E-state index in [0.717, 1.165) is 90.4 Å². The molecule has 4 aromatic carbocycles. The lowest BCUT2D eigenvalue weighted by Gasteiger charge is -2.43. The number of alkyl halides is 10. The third-order valence-electron chi connectivity index (χ3n) is 14.7. The molecule has 0 spiro atoms. The van der Waals surface area contributed by atoms with Crippen molar-refractivity contribution in [3.8, 4) is 23.0 Å². The SMILES string of the molecule is C[C@]1(c2ccc(O)cc2)CSc2cc(O)ccc2[C@H]1CCCOCCCCCS(=O)CCCC(F)(F)C(F)(F)F.C[C@]1(c2ccc(O)cc2)CSc2cc(O)ccc2[C@H]1CCCOCCCCCSCCCC(F)(F)C(F)(F)F. The van der Waals surface area contributed by atoms with Gasteiger partial charge in [-0.2, -0.15) is 55.7 Å². The minimum Gasteiger partial charge on any atom is -0.508 e. The van der Waals surface area contributed by atoms with E-state index in [2.05, 4.69) is 13.8 Å². The van der Waals surface area contributed by atoms with E-state index in [0.29, 0.717) is 38.6 Å². The van der Waals surface area contributed by atoms with Gasteiger partial charge in [0.1, 0.15) is 23.0 Å². The molecule has 2 aliphatic rings. The number of aromatic hydroxyl groups is 4. The van der Waals surface area contributed by atoms with Crippen molar-refractivity contribution in [1.29, 1.82) is 0 Å². The van der Waals surface area contributed by atoms with E-state index in [1.807, 2.05) is 48.5 Å². The zero-order valence-corrected chi connectivity index (χ0v) is 47.9. The lowest BCUT2D eigenvalue weighted by Crippen LogP contribution is -2.36. The lowest BCUT2D eigenvalue weighted by atomic mass is 9.68. The molecule has 0 saturated heterocycles. The second-order valence-electron chi connectivity index (χ2n) is 20.8. The standard InChI is InChI=1S/C29H37F5O4S2.C29H37F5O3S2/c1-27(21-8-10-22(35)11-9-21)20-39-26-19-23(36)12-13-24(26)25(27)7-5-16-38-15-3-2-4-17-40(37)18-6-14-28(30,31)29(32,33)34;1-27(21-8-10-22(35)11-9-21)20-39-26-19-23(36)12-13-24(26)25(27)7-5-16-37-15-3-2-4-17-38-18-6-14-28(30,31)29(32,33)34/h8-13,19,25,35-36H,2-7,14-18,20H2,1H3;8-13,19,25,35-36H,2-7,14-18,20H2,1H3/t25-,27-,40?;25-,27-/m11/s1. The Hall–Kier alpha value is -3.50. The van der Waals surface area contributed by atoms with Crippen LogP contribution in [0, 0.1) is 0 Å². The Morgan fingerprint density at radius 1 is 0.506 bits per heavy atom. The minimum atomic E-state index is -5.56. The molecule has 2 aliphatic heterocycles. The molecule has 4 aromatic rings. The molecule has 2 heterocycles. The van der Waals surface area contributed by atoms with E-state index in [-0.39, 0.29) is 63.6 Å². The molecule has 442 valence electrons. The molecule has 79 heavy (non-hydrogen) atoms. The van der Waals surface area contributed by atoms with E-state index in [9.17, 15) is 68.5 Å². The van der Waals surface area contributed by atoms with Gasteiger partial charge in [-0.1, -0.05) is 63.1 Å². The molecule has 4 N–H and O–H groups in total. The molecule has 0 fully saturated rings. The van der Waals surface area contributed by atoms with Crippen LogP contribution < -0.4 is 0 Å². The number of unbranched alkanes of at least 4 members (excludes halogenated alkanes) is 4. The van der Waals surface area contributed by atoms with Gasteiger partial charge in [-0.05, 0) is 158 Å². The average molecular weight is 1200 g/mol. The summed E-state index contributed by atoms with van der Waals surface area (Å²) in [6, 6.07) is 25.9. The number of benzene rings is 4. The highest BCUT2D eigenvalue weighted by molar-refractivity contribution is 7.99. The molecule has 6 rings (SSSR count). The first kappa shape index (κ1) is 66.3. The monoisotopic (exact) mass is 1200 g/mol. The fourth-order valence-electron chi connectivity index (χ4n) is 9.97. The minimum absolute atomic E-state index is 0.136. The molecule has 0 saturated carbocycles. The van der Waals surface area contributed by atoms with Crippen molar-refractivity contribution in [2.45, 2.75) is 160 Å². The molecular formula is C58H74F10O7S4. The van der Waals surface area contributed by atoms with E-state index < -0.39 is 54.3 Å². The molecule has 0 radical (unpaired) electrons. The van der Waals surface area contributed by atoms with Crippen molar-refractivity contribution in [1.82, 2.24) is 0 Å². The summed E-state index contributed by atoms with van der Waals surface area (Å²) in [7, 11) is -1.41. The Kier molecular flexibility index (Phi) is 25.8. The number of hydrogen-bond acceptors (Lipinski definition) is 10. The first-order valence-electron chi connectivity index (χ1n) is 26.8. The summed E-state index contributed by atoms with van der Waals surface area (Å²) >= 11 is 4.88. The summed E-state index contributed by atoms with van der Waals surface area (Å²) in [5, 5.41) is 39.5. The van der Waals surface area contributed by atoms with Gasteiger partial charge in [0, 0.05) is 93.7 Å². The molecule has 0 aromatic heterocycles. The van der Waals surface area contributed by atoms with E-state index in [4.69, 9.17) is 9.47 Å². The number of ether oxygens (including phenoxy) is 2. The first-order valence-corrected chi connectivity index (χ1v) is 31.4. The second-order valence-corrected chi connectivity index (χ2v) is 25.7. The third-order valence-corrected chi connectivity index (χ3v) is 20.1. The fourth-order valence-corrected chi connectivity index (χ4v) is 14.9. The van der Waals surface area contributed by atoms with Crippen LogP contribution in [0.3, 0.4) is 0 Å². The van der Waals surface area contributed by atoms with Gasteiger partial charge in [-0.15, -0.1) is 23.5 Å². The zero-order chi connectivity index (χ0) is 57.9. The highest BCUT2D eigenvalue weighted by Crippen LogP contribution is 2.54. The normalized spacial score (nSPS) is 20.0. The third kappa shape index (κ3) is 19.8. The van der Waals surface area contributed by atoms with Crippen molar-refractivity contribution in [3.63, 3.8) is 0 Å². The van der Waals surface area contributed by atoms with Gasteiger partial charge in [0.25, 0.3) is 0 Å². The summed E-state index contributed by atoms with van der Waals surface area (Å²) in [6.07, 6.45) is -5.86. The second kappa shape index (κ2) is 30.7. The highest BCUT2D eigenvalue weighted by atomic mass is 32.2. The number of fused-ring (bicyclic) bond motifs is 2. The van der Waals surface area contributed by atoms with Gasteiger partial charge in [0.15, 0.2) is 0 Å². The van der Waals surface area contributed by atoms with Gasteiger partial charge in [-0.25, -0.2) is 0 Å². The van der Waals surface area contributed by atoms with Gasteiger partial charge >= 0.3 is 24.2 Å². The Bertz CT molecular complexity index is 2480. The maximum absolute atomic E-state index is 12.9. The van der Waals surface area contributed by atoms with Crippen molar-refractivity contribution in [2.75, 3.05) is 60.9 Å². The Balaban J connectivity index is 0.000000291. The molecular weight excluding hydrogens is 1130 g/mol. The number of thioether (sulfide) groups is 3. The molecule has 0 aliphatic carbocycles. The predicted molar refractivity (Wildman–Crippen MR) is 298 cm³/mol. The maximum atomic E-state index is 12.9. The van der Waals surface area contributed by atoms with Crippen molar-refractivity contribution >= 4 is 46.1 Å². The topological polar surface area (TPSA) is 116 Å². The molecule has 0 bridgehead atoms. The molecule has 7 nitrogen and oxygen atoms in total. The summed E-state index contributed by atoms with van der Waals surface area (Å²) < 4.78 is 148. The van der Waals surface area contributed by atoms with Crippen LogP contribution in [0.15, 0.2) is 94.7 Å². The number of rotatable bonds is 30. The smallest absolute Gasteiger partial charge is 0.453 e. The van der Waals surface area contributed by atoms with E-state index in [1.54, 1.807) is 59.9 Å².